The zero-order valence-electron chi connectivity index (χ0n) is 12.5. The number of amides is 2. The first kappa shape index (κ1) is 16.5. The van der Waals surface area contributed by atoms with E-state index in [1.165, 1.54) is 7.11 Å². The Morgan fingerprint density at radius 3 is 2.38 bits per heavy atom. The summed E-state index contributed by atoms with van der Waals surface area (Å²) in [6.45, 7) is 0. The molecule has 0 radical (unpaired) electrons. The van der Waals surface area contributed by atoms with Crippen LogP contribution in [-0.2, 0) is 9.59 Å². The number of imide groups is 1. The maximum atomic E-state index is 12.7. The van der Waals surface area contributed by atoms with E-state index < -0.39 is 11.8 Å². The number of rotatable bonds is 4. The van der Waals surface area contributed by atoms with Crippen LogP contribution in [0.4, 0.5) is 11.4 Å². The number of nitrogens with zero attached hydrogens (tertiary/aromatic N) is 1. The van der Waals surface area contributed by atoms with Crippen LogP contribution in [0, 0.1) is 0 Å². The van der Waals surface area contributed by atoms with E-state index in [-0.39, 0.29) is 10.7 Å². The Morgan fingerprint density at radius 2 is 1.71 bits per heavy atom. The van der Waals surface area contributed by atoms with Crippen molar-refractivity contribution in [1.29, 1.82) is 0 Å². The topological polar surface area (TPSA) is 58.6 Å². The Bertz CT molecular complexity index is 849. The Morgan fingerprint density at radius 1 is 1.04 bits per heavy atom. The van der Waals surface area contributed by atoms with Crippen molar-refractivity contribution in [3.63, 3.8) is 0 Å². The fourth-order valence-corrected chi connectivity index (χ4v) is 2.80. The number of methoxy groups -OCH3 is 1. The molecule has 3 rings (SSSR count). The average molecular weight is 408 g/mol. The molecule has 0 aliphatic carbocycles. The van der Waals surface area contributed by atoms with E-state index in [1.54, 1.807) is 48.5 Å². The average Bonchev–Trinajstić information content (AvgIpc) is 2.80. The highest BCUT2D eigenvalue weighted by molar-refractivity contribution is 9.10. The third-order valence-electron chi connectivity index (χ3n) is 3.48. The van der Waals surface area contributed by atoms with Gasteiger partial charge >= 0.3 is 0 Å². The molecule has 0 unspecified atom stereocenters. The highest BCUT2D eigenvalue weighted by Gasteiger charge is 2.39. The fraction of sp³-hybridized carbons (Fsp3) is 0.0588. The molecular weight excluding hydrogens is 396 g/mol. The molecule has 122 valence electrons. The van der Waals surface area contributed by atoms with Crippen molar-refractivity contribution in [2.75, 3.05) is 17.3 Å². The third-order valence-corrected chi connectivity index (χ3v) is 4.36. The Kier molecular flexibility index (Phi) is 4.59. The molecule has 24 heavy (non-hydrogen) atoms. The molecular formula is C17H12BrClN2O3. The molecule has 0 fully saturated rings. The number of para-hydroxylation sites is 2. The van der Waals surface area contributed by atoms with Gasteiger partial charge < -0.3 is 10.1 Å². The minimum absolute atomic E-state index is 0.0223. The summed E-state index contributed by atoms with van der Waals surface area (Å²) in [6.07, 6.45) is 0. The smallest absolute Gasteiger partial charge is 0.283 e. The molecule has 2 aromatic carbocycles. The van der Waals surface area contributed by atoms with Gasteiger partial charge in [0.15, 0.2) is 0 Å². The van der Waals surface area contributed by atoms with E-state index in [0.717, 1.165) is 9.37 Å². The van der Waals surface area contributed by atoms with Crippen molar-refractivity contribution in [2.45, 2.75) is 0 Å². The van der Waals surface area contributed by atoms with Crippen LogP contribution in [-0.4, -0.2) is 18.9 Å². The van der Waals surface area contributed by atoms with Gasteiger partial charge in [-0.1, -0.05) is 39.7 Å². The maximum absolute atomic E-state index is 12.7. The molecule has 0 bridgehead atoms. The number of ether oxygens (including phenoxy) is 1. The standard InChI is InChI=1S/C17H12BrClN2O3/c1-24-13-5-3-2-4-12(13)20-15-14(19)16(22)21(17(15)23)11-8-6-10(18)7-9-11/h2-9,20H,1H3. The zero-order chi connectivity index (χ0) is 17.3. The molecule has 1 N–H and O–H groups in total. The van der Waals surface area contributed by atoms with E-state index >= 15 is 0 Å². The number of hydrogen-bond donors (Lipinski definition) is 1. The molecule has 1 aliphatic rings. The van der Waals surface area contributed by atoms with Gasteiger partial charge in [-0.2, -0.15) is 0 Å². The highest BCUT2D eigenvalue weighted by atomic mass is 79.9. The molecule has 0 saturated heterocycles. The first-order valence-corrected chi connectivity index (χ1v) is 8.14. The summed E-state index contributed by atoms with van der Waals surface area (Å²) in [7, 11) is 1.52. The number of carbonyl (C=O) groups excluding carboxylic acids is 2. The molecule has 0 saturated carbocycles. The van der Waals surface area contributed by atoms with Crippen LogP contribution < -0.4 is 15.0 Å². The van der Waals surface area contributed by atoms with Gasteiger partial charge in [-0.05, 0) is 36.4 Å². The molecule has 5 nitrogen and oxygen atoms in total. The van der Waals surface area contributed by atoms with E-state index in [4.69, 9.17) is 16.3 Å². The van der Waals surface area contributed by atoms with Crippen LogP contribution in [0.2, 0.25) is 0 Å². The van der Waals surface area contributed by atoms with Crippen molar-refractivity contribution < 1.29 is 14.3 Å². The van der Waals surface area contributed by atoms with Crippen LogP contribution in [0.5, 0.6) is 5.75 Å². The van der Waals surface area contributed by atoms with Crippen LogP contribution >= 0.6 is 27.5 Å². The molecule has 1 aliphatic heterocycles. The van der Waals surface area contributed by atoms with Crippen molar-refractivity contribution in [3.8, 4) is 5.75 Å². The van der Waals surface area contributed by atoms with Gasteiger partial charge in [-0.3, -0.25) is 9.59 Å². The maximum Gasteiger partial charge on any atom is 0.283 e. The molecule has 0 aromatic heterocycles. The van der Waals surface area contributed by atoms with E-state index in [9.17, 15) is 9.59 Å². The van der Waals surface area contributed by atoms with Crippen LogP contribution in [0.25, 0.3) is 0 Å². The molecule has 2 amide bonds. The SMILES string of the molecule is COc1ccccc1NC1=C(Cl)C(=O)N(c2ccc(Br)cc2)C1=O. The van der Waals surface area contributed by atoms with Gasteiger partial charge in [0.05, 0.1) is 18.5 Å². The summed E-state index contributed by atoms with van der Waals surface area (Å²) in [6, 6.07) is 13.9. The van der Waals surface area contributed by atoms with Crippen LogP contribution in [0.3, 0.4) is 0 Å². The normalized spacial score (nSPS) is 14.4. The fourth-order valence-electron chi connectivity index (χ4n) is 2.32. The second-order valence-corrected chi connectivity index (χ2v) is 6.23. The zero-order valence-corrected chi connectivity index (χ0v) is 14.9. The second-order valence-electron chi connectivity index (χ2n) is 4.94. The lowest BCUT2D eigenvalue weighted by Gasteiger charge is -2.15. The number of benzene rings is 2. The van der Waals surface area contributed by atoms with Crippen molar-refractivity contribution >= 4 is 50.7 Å². The minimum Gasteiger partial charge on any atom is -0.495 e. The van der Waals surface area contributed by atoms with Crippen LogP contribution in [0.1, 0.15) is 0 Å². The molecule has 1 heterocycles. The van der Waals surface area contributed by atoms with Crippen molar-refractivity contribution in [2.24, 2.45) is 0 Å². The largest absolute Gasteiger partial charge is 0.495 e. The lowest BCUT2D eigenvalue weighted by molar-refractivity contribution is -0.120. The number of nitrogens with one attached hydrogen (secondary N) is 1. The van der Waals surface area contributed by atoms with Gasteiger partial charge in [0.25, 0.3) is 11.8 Å². The van der Waals surface area contributed by atoms with Gasteiger partial charge in [0, 0.05) is 4.47 Å². The molecule has 0 atom stereocenters. The van der Waals surface area contributed by atoms with Crippen LogP contribution in [0.15, 0.2) is 63.7 Å². The van der Waals surface area contributed by atoms with E-state index in [2.05, 4.69) is 21.2 Å². The number of carbonyl (C=O) groups is 2. The van der Waals surface area contributed by atoms with E-state index in [0.29, 0.717) is 17.1 Å². The summed E-state index contributed by atoms with van der Waals surface area (Å²) in [5.74, 6) is -0.545. The van der Waals surface area contributed by atoms with Crippen molar-refractivity contribution in [1.82, 2.24) is 0 Å². The van der Waals surface area contributed by atoms with Gasteiger partial charge in [-0.15, -0.1) is 0 Å². The van der Waals surface area contributed by atoms with Crippen molar-refractivity contribution in [3.05, 3.63) is 63.7 Å². The third kappa shape index (κ3) is 2.90. The number of halogens is 2. The first-order valence-electron chi connectivity index (χ1n) is 6.97. The molecule has 2 aromatic rings. The Balaban J connectivity index is 1.93. The molecule has 0 spiro atoms. The predicted octanol–water partition coefficient (Wildman–Crippen LogP) is 3.89. The second kappa shape index (κ2) is 6.67. The summed E-state index contributed by atoms with van der Waals surface area (Å²) in [5, 5.41) is 2.74. The minimum atomic E-state index is -0.568. The lowest BCUT2D eigenvalue weighted by Crippen LogP contribution is -2.32. The highest BCUT2D eigenvalue weighted by Crippen LogP contribution is 2.33. The lowest BCUT2D eigenvalue weighted by atomic mass is 10.2. The number of hydrogen-bond acceptors (Lipinski definition) is 4. The monoisotopic (exact) mass is 406 g/mol. The van der Waals surface area contributed by atoms with E-state index in [1.807, 2.05) is 0 Å². The quantitative estimate of drug-likeness (QED) is 0.781. The summed E-state index contributed by atoms with van der Waals surface area (Å²) in [5.41, 5.74) is 1.02. The summed E-state index contributed by atoms with van der Waals surface area (Å²) in [4.78, 5) is 26.1. The van der Waals surface area contributed by atoms with Gasteiger partial charge in [-0.25, -0.2) is 4.90 Å². The van der Waals surface area contributed by atoms with Gasteiger partial charge in [0.2, 0.25) is 0 Å². The Labute approximate surface area is 152 Å². The summed E-state index contributed by atoms with van der Waals surface area (Å²) >= 11 is 9.42. The predicted molar refractivity (Wildman–Crippen MR) is 96.1 cm³/mol. The Hall–Kier alpha value is -2.31. The first-order chi connectivity index (χ1) is 11.5. The number of anilines is 2. The summed E-state index contributed by atoms with van der Waals surface area (Å²) < 4.78 is 6.08. The van der Waals surface area contributed by atoms with Gasteiger partial charge in [0.1, 0.15) is 16.5 Å². The molecule has 7 heteroatoms.